The van der Waals surface area contributed by atoms with Crippen molar-refractivity contribution < 1.29 is 49.1 Å². The van der Waals surface area contributed by atoms with E-state index in [0.717, 1.165) is 11.0 Å². The summed E-state index contributed by atoms with van der Waals surface area (Å²) in [6, 6.07) is -1.90. The van der Waals surface area contributed by atoms with Crippen LogP contribution in [0.15, 0.2) is 21.4 Å². The van der Waals surface area contributed by atoms with Gasteiger partial charge in [-0.2, -0.15) is 17.9 Å². The summed E-state index contributed by atoms with van der Waals surface area (Å²) in [6.07, 6.45) is -5.60. The molecule has 0 saturated carbocycles. The second-order valence-electron chi connectivity index (χ2n) is 10.1. The summed E-state index contributed by atoms with van der Waals surface area (Å²) in [4.78, 5) is 17.1. The number of rotatable bonds is 7. The van der Waals surface area contributed by atoms with Gasteiger partial charge in [0.05, 0.1) is 16.4 Å². The quantitative estimate of drug-likeness (QED) is 0.338. The van der Waals surface area contributed by atoms with E-state index in [9.17, 15) is 40.3 Å². The molecule has 3 aromatic rings. The number of hydrogen-bond acceptors (Lipinski definition) is 9. The van der Waals surface area contributed by atoms with E-state index in [1.165, 1.54) is 25.5 Å². The Hall–Kier alpha value is -2.80. The largest absolute Gasteiger partial charge is 0.415 e. The van der Waals surface area contributed by atoms with Crippen LogP contribution >= 0.6 is 22.9 Å². The number of nitrogens with one attached hydrogen (secondary N) is 1. The number of benzene rings is 1. The number of carbonyl (C=O) groups excluding carboxylic acids is 1. The van der Waals surface area contributed by atoms with Gasteiger partial charge in [0.2, 0.25) is 15.9 Å². The Morgan fingerprint density at radius 1 is 1.29 bits per heavy atom. The maximum absolute atomic E-state index is 15.3. The van der Waals surface area contributed by atoms with Gasteiger partial charge in [-0.05, 0) is 33.8 Å². The van der Waals surface area contributed by atoms with Gasteiger partial charge in [0, 0.05) is 18.0 Å². The molecular weight excluding hydrogens is 640 g/mol. The first-order valence-corrected chi connectivity index (χ1v) is 14.6. The zero-order valence-corrected chi connectivity index (χ0v) is 24.4. The second-order valence-corrected chi connectivity index (χ2v) is 13.2. The van der Waals surface area contributed by atoms with Crippen molar-refractivity contribution in [1.82, 2.24) is 24.8 Å². The molecule has 42 heavy (non-hydrogen) atoms. The number of amides is 1. The lowest BCUT2D eigenvalue weighted by Gasteiger charge is -2.20. The number of hydrogen-bond donors (Lipinski definition) is 2. The van der Waals surface area contributed by atoms with E-state index in [1.54, 1.807) is 0 Å². The van der Waals surface area contributed by atoms with Crippen LogP contribution in [0, 0.1) is 5.82 Å². The van der Waals surface area contributed by atoms with Gasteiger partial charge in [0.1, 0.15) is 22.2 Å². The monoisotopic (exact) mass is 661 g/mol. The van der Waals surface area contributed by atoms with E-state index in [2.05, 4.69) is 15.2 Å². The molecule has 2 aromatic heterocycles. The summed E-state index contributed by atoms with van der Waals surface area (Å²) in [7, 11) is -5.06. The lowest BCUT2D eigenvalue weighted by atomic mass is 10.1. The number of aromatic nitrogens is 3. The number of aliphatic hydroxyl groups is 1. The molecule has 0 aliphatic carbocycles. The zero-order chi connectivity index (χ0) is 31.6. The Kier molecular flexibility index (Phi) is 8.20. The highest BCUT2D eigenvalue weighted by atomic mass is 35.5. The van der Waals surface area contributed by atoms with E-state index < -0.39 is 80.1 Å². The molecule has 230 valence electrons. The molecule has 1 fully saturated rings. The topological polar surface area (TPSA) is 139 Å². The molecule has 1 aromatic carbocycles. The van der Waals surface area contributed by atoms with Crippen LogP contribution in [0.25, 0.3) is 21.3 Å². The first-order valence-electron chi connectivity index (χ1n) is 12.0. The summed E-state index contributed by atoms with van der Waals surface area (Å²) in [5.41, 5.74) is -2.36. The molecule has 0 unspecified atom stereocenters. The molecule has 2 N–H and O–H groups in total. The van der Waals surface area contributed by atoms with E-state index >= 15 is 4.39 Å². The molecule has 4 rings (SSSR count). The van der Waals surface area contributed by atoms with Gasteiger partial charge in [0.15, 0.2) is 10.8 Å². The van der Waals surface area contributed by atoms with Gasteiger partial charge >= 0.3 is 6.18 Å². The average molecular weight is 662 g/mol. The fraction of sp³-hybridized carbons (Fsp3) is 0.478. The van der Waals surface area contributed by atoms with Crippen molar-refractivity contribution in [2.24, 2.45) is 0 Å². The fourth-order valence-electron chi connectivity index (χ4n) is 3.99. The number of thiazole rings is 1. The lowest BCUT2D eigenvalue weighted by Crippen LogP contribution is -2.43. The normalized spacial score (nSPS) is 18.5. The number of halogens is 7. The Morgan fingerprint density at radius 3 is 2.45 bits per heavy atom. The fourth-order valence-corrected chi connectivity index (χ4v) is 6.69. The Bertz CT molecular complexity index is 1640. The summed E-state index contributed by atoms with van der Waals surface area (Å²) < 4.78 is 114. The van der Waals surface area contributed by atoms with Crippen LogP contribution in [0.2, 0.25) is 5.02 Å². The summed E-state index contributed by atoms with van der Waals surface area (Å²) in [5.74, 6) is -6.34. The van der Waals surface area contributed by atoms with Crippen LogP contribution in [0.3, 0.4) is 0 Å². The SMILES string of the molecule is C[C@H](NS(=O)(=O)c1ccc(-c2sc(-c3nnc(C(C)(C)O)o3)nc2C(=O)N2CC(F)(F)C[C@@H]2C)c(Cl)c1F)C(F)(F)F. The highest BCUT2D eigenvalue weighted by Gasteiger charge is 2.46. The highest BCUT2D eigenvalue weighted by molar-refractivity contribution is 7.89. The molecule has 2 atom stereocenters. The summed E-state index contributed by atoms with van der Waals surface area (Å²) in [6.45, 7) is 3.67. The van der Waals surface area contributed by atoms with E-state index in [0.29, 0.717) is 24.3 Å². The number of alkyl halides is 5. The smallest absolute Gasteiger partial charge is 0.404 e. The van der Waals surface area contributed by atoms with Gasteiger partial charge in [-0.3, -0.25) is 4.79 Å². The summed E-state index contributed by atoms with van der Waals surface area (Å²) >= 11 is 6.79. The van der Waals surface area contributed by atoms with Gasteiger partial charge < -0.3 is 14.4 Å². The third-order valence-corrected chi connectivity index (χ3v) is 9.16. The Balaban J connectivity index is 1.84. The standard InChI is InChI=1S/C23H22ClF6N5O5S2/c1-9-7-22(26,27)8-35(9)19(36)15-16(41-18(31-15)17-32-33-20(40-17)21(3,4)37)11-5-6-12(14(25)13(11)24)42(38,39)34-10(2)23(28,29)30/h5-6,9-10,34,37H,7-8H2,1-4H3/t9-,10-/m0/s1. The highest BCUT2D eigenvalue weighted by Crippen LogP contribution is 2.43. The zero-order valence-electron chi connectivity index (χ0n) is 22.1. The van der Waals surface area contributed by atoms with Crippen LogP contribution in [0.1, 0.15) is 50.5 Å². The molecule has 3 heterocycles. The lowest BCUT2D eigenvalue weighted by molar-refractivity contribution is -0.147. The molecule has 1 aliphatic heterocycles. The molecular formula is C23H22ClF6N5O5S2. The predicted molar refractivity (Wildman–Crippen MR) is 137 cm³/mol. The van der Waals surface area contributed by atoms with E-state index in [-0.39, 0.29) is 27.2 Å². The maximum atomic E-state index is 15.3. The number of carbonyl (C=O) groups is 1. The third kappa shape index (κ3) is 6.27. The molecule has 0 bridgehead atoms. The molecule has 1 amide bonds. The van der Waals surface area contributed by atoms with Crippen LogP contribution in [-0.4, -0.2) is 70.2 Å². The van der Waals surface area contributed by atoms with Gasteiger partial charge in [-0.25, -0.2) is 26.6 Å². The Labute approximate surface area is 243 Å². The minimum atomic E-state index is -5.06. The van der Waals surface area contributed by atoms with Crippen molar-refractivity contribution in [2.75, 3.05) is 6.54 Å². The summed E-state index contributed by atoms with van der Waals surface area (Å²) in [5, 5.41) is 16.6. The third-order valence-electron chi connectivity index (χ3n) is 6.15. The predicted octanol–water partition coefficient (Wildman–Crippen LogP) is 4.98. The molecule has 1 aliphatic rings. The number of likely N-dealkylation sites (tertiary alicyclic amines) is 1. The maximum Gasteiger partial charge on any atom is 0.404 e. The molecule has 10 nitrogen and oxygen atoms in total. The second kappa shape index (κ2) is 10.7. The average Bonchev–Trinajstić information content (AvgIpc) is 3.55. The first kappa shape index (κ1) is 32.1. The van der Waals surface area contributed by atoms with Gasteiger partial charge in [-0.1, -0.05) is 17.7 Å². The van der Waals surface area contributed by atoms with E-state index in [4.69, 9.17) is 16.0 Å². The molecule has 0 radical (unpaired) electrons. The number of nitrogens with zero attached hydrogens (tertiary/aromatic N) is 4. The number of sulfonamides is 1. The van der Waals surface area contributed by atoms with Gasteiger partial charge in [-0.15, -0.1) is 21.5 Å². The van der Waals surface area contributed by atoms with Crippen LogP contribution in [0.4, 0.5) is 26.3 Å². The van der Waals surface area contributed by atoms with Crippen molar-refractivity contribution in [2.45, 2.75) is 68.8 Å². The first-order chi connectivity index (χ1) is 19.1. The van der Waals surface area contributed by atoms with Crippen molar-refractivity contribution in [3.63, 3.8) is 0 Å². The van der Waals surface area contributed by atoms with Crippen molar-refractivity contribution >= 4 is 38.9 Å². The van der Waals surface area contributed by atoms with Gasteiger partial charge in [0.25, 0.3) is 17.7 Å². The Morgan fingerprint density at radius 2 is 1.93 bits per heavy atom. The van der Waals surface area contributed by atoms with Crippen LogP contribution < -0.4 is 4.72 Å². The molecule has 0 spiro atoms. The van der Waals surface area contributed by atoms with E-state index in [1.807, 2.05) is 0 Å². The van der Waals surface area contributed by atoms with Crippen LogP contribution in [0.5, 0.6) is 0 Å². The minimum absolute atomic E-state index is 0.149. The molecule has 1 saturated heterocycles. The molecule has 19 heteroatoms. The van der Waals surface area contributed by atoms with Crippen molar-refractivity contribution in [3.8, 4) is 21.3 Å². The van der Waals surface area contributed by atoms with Crippen molar-refractivity contribution in [3.05, 3.63) is 34.6 Å². The minimum Gasteiger partial charge on any atom is -0.415 e. The van der Waals surface area contributed by atoms with Crippen molar-refractivity contribution in [1.29, 1.82) is 0 Å². The van der Waals surface area contributed by atoms with Crippen LogP contribution in [-0.2, 0) is 15.6 Å².